The van der Waals surface area contributed by atoms with Crippen LogP contribution in [0.3, 0.4) is 0 Å². The third-order valence-corrected chi connectivity index (χ3v) is 6.48. The van der Waals surface area contributed by atoms with E-state index in [2.05, 4.69) is 5.32 Å². The van der Waals surface area contributed by atoms with Crippen molar-refractivity contribution in [3.63, 3.8) is 0 Å². The number of amides is 1. The molecule has 8 heteroatoms. The van der Waals surface area contributed by atoms with E-state index in [1.807, 2.05) is 32.9 Å². The second-order valence-corrected chi connectivity index (χ2v) is 9.24. The molecule has 1 amide bonds. The van der Waals surface area contributed by atoms with E-state index in [0.29, 0.717) is 36.1 Å². The summed E-state index contributed by atoms with van der Waals surface area (Å²) in [5.41, 5.74) is 4.03. The number of hydrogen-bond acceptors (Lipinski definition) is 5. The van der Waals surface area contributed by atoms with Crippen molar-refractivity contribution < 1.29 is 22.7 Å². The van der Waals surface area contributed by atoms with E-state index >= 15 is 0 Å². The van der Waals surface area contributed by atoms with Crippen LogP contribution in [0.25, 0.3) is 0 Å². The lowest BCUT2D eigenvalue weighted by atomic mass is 10.1. The zero-order valence-corrected chi connectivity index (χ0v) is 17.9. The summed E-state index contributed by atoms with van der Waals surface area (Å²) >= 11 is 0. The molecule has 0 atom stereocenters. The number of fused-ring (bicyclic) bond motifs is 1. The van der Waals surface area contributed by atoms with E-state index in [-0.39, 0.29) is 12.3 Å². The van der Waals surface area contributed by atoms with Gasteiger partial charge in [0.1, 0.15) is 19.8 Å². The van der Waals surface area contributed by atoms with Crippen LogP contribution in [0.2, 0.25) is 0 Å². The third kappa shape index (κ3) is 4.64. The zero-order chi connectivity index (χ0) is 21.2. The standard InChI is InChI=1S/C21H26N2O5S/c1-5-29(25,26)23(17-6-7-18-19(12-17)28-9-8-27-18)13-20(24)22-21-15(3)10-14(2)11-16(21)4/h6-7,10-12H,5,8-9,13H2,1-4H3,(H,22,24). The number of aryl methyl sites for hydroxylation is 3. The first kappa shape index (κ1) is 21.0. The van der Waals surface area contributed by atoms with Crippen LogP contribution >= 0.6 is 0 Å². The Bertz CT molecular complexity index is 1010. The highest BCUT2D eigenvalue weighted by Crippen LogP contribution is 2.35. The first-order chi connectivity index (χ1) is 13.7. The van der Waals surface area contributed by atoms with Gasteiger partial charge in [-0.2, -0.15) is 0 Å². The number of carbonyl (C=O) groups excluding carboxylic acids is 1. The monoisotopic (exact) mass is 418 g/mol. The van der Waals surface area contributed by atoms with E-state index in [1.54, 1.807) is 25.1 Å². The van der Waals surface area contributed by atoms with Crippen molar-refractivity contribution in [2.24, 2.45) is 0 Å². The van der Waals surface area contributed by atoms with Gasteiger partial charge in [0.2, 0.25) is 15.9 Å². The van der Waals surface area contributed by atoms with Gasteiger partial charge in [0.05, 0.1) is 11.4 Å². The van der Waals surface area contributed by atoms with Crippen LogP contribution in [0.4, 0.5) is 11.4 Å². The Balaban J connectivity index is 1.88. The van der Waals surface area contributed by atoms with Gasteiger partial charge in [-0.3, -0.25) is 9.10 Å². The number of hydrogen-bond donors (Lipinski definition) is 1. The van der Waals surface area contributed by atoms with E-state index < -0.39 is 15.9 Å². The van der Waals surface area contributed by atoms with E-state index in [0.717, 1.165) is 21.0 Å². The average molecular weight is 419 g/mol. The Morgan fingerprint density at radius 2 is 1.66 bits per heavy atom. The molecule has 2 aromatic rings. The molecule has 0 unspecified atom stereocenters. The summed E-state index contributed by atoms with van der Waals surface area (Å²) in [5, 5.41) is 2.86. The van der Waals surface area contributed by atoms with Crippen molar-refractivity contribution in [3.8, 4) is 11.5 Å². The highest BCUT2D eigenvalue weighted by Gasteiger charge is 2.26. The maximum Gasteiger partial charge on any atom is 0.245 e. The van der Waals surface area contributed by atoms with E-state index in [1.165, 1.54) is 0 Å². The summed E-state index contributed by atoms with van der Waals surface area (Å²) in [5.74, 6) is 0.490. The molecule has 1 heterocycles. The number of ether oxygens (including phenoxy) is 2. The Hall–Kier alpha value is -2.74. The minimum atomic E-state index is -3.68. The second kappa shape index (κ2) is 8.32. The normalized spacial score (nSPS) is 13.1. The fourth-order valence-electron chi connectivity index (χ4n) is 3.38. The second-order valence-electron chi connectivity index (χ2n) is 7.06. The highest BCUT2D eigenvalue weighted by molar-refractivity contribution is 7.92. The number of nitrogens with one attached hydrogen (secondary N) is 1. The predicted molar refractivity (Wildman–Crippen MR) is 114 cm³/mol. The first-order valence-electron chi connectivity index (χ1n) is 9.49. The summed E-state index contributed by atoms with van der Waals surface area (Å²) in [4.78, 5) is 12.8. The quantitative estimate of drug-likeness (QED) is 0.779. The van der Waals surface area contributed by atoms with Crippen LogP contribution in [0, 0.1) is 20.8 Å². The molecule has 7 nitrogen and oxygen atoms in total. The van der Waals surface area contributed by atoms with Crippen molar-refractivity contribution in [1.82, 2.24) is 0 Å². The fourth-order valence-corrected chi connectivity index (χ4v) is 4.44. The molecule has 1 aliphatic rings. The molecule has 156 valence electrons. The van der Waals surface area contributed by atoms with E-state index in [9.17, 15) is 13.2 Å². The summed E-state index contributed by atoms with van der Waals surface area (Å²) in [6.45, 7) is 7.87. The first-order valence-corrected chi connectivity index (χ1v) is 11.1. The Morgan fingerprint density at radius 3 is 2.28 bits per heavy atom. The number of rotatable bonds is 6. The minimum Gasteiger partial charge on any atom is -0.486 e. The minimum absolute atomic E-state index is 0.128. The van der Waals surface area contributed by atoms with Crippen LogP contribution < -0.4 is 19.1 Å². The maximum atomic E-state index is 12.8. The maximum absolute atomic E-state index is 12.8. The molecular weight excluding hydrogens is 392 g/mol. The number of anilines is 2. The van der Waals surface area contributed by atoms with Crippen molar-refractivity contribution in [3.05, 3.63) is 47.0 Å². The molecule has 0 saturated carbocycles. The Kier molecular flexibility index (Phi) is 6.02. The smallest absolute Gasteiger partial charge is 0.245 e. The lowest BCUT2D eigenvalue weighted by Gasteiger charge is -2.26. The molecule has 0 aromatic heterocycles. The van der Waals surface area contributed by atoms with Crippen molar-refractivity contribution in [2.45, 2.75) is 27.7 Å². The molecule has 1 N–H and O–H groups in total. The molecule has 0 radical (unpaired) electrons. The molecule has 2 aromatic carbocycles. The van der Waals surface area contributed by atoms with Gasteiger partial charge in [0.25, 0.3) is 0 Å². The van der Waals surface area contributed by atoms with Gasteiger partial charge in [-0.15, -0.1) is 0 Å². The highest BCUT2D eigenvalue weighted by atomic mass is 32.2. The topological polar surface area (TPSA) is 84.9 Å². The van der Waals surface area contributed by atoms with Gasteiger partial charge in [-0.25, -0.2) is 8.42 Å². The van der Waals surface area contributed by atoms with Crippen molar-refractivity contribution >= 4 is 27.3 Å². The number of carbonyl (C=O) groups is 1. The Morgan fingerprint density at radius 1 is 1.03 bits per heavy atom. The zero-order valence-electron chi connectivity index (χ0n) is 17.1. The van der Waals surface area contributed by atoms with Gasteiger partial charge in [-0.05, 0) is 51.0 Å². The molecule has 0 fully saturated rings. The average Bonchev–Trinajstić information content (AvgIpc) is 2.68. The summed E-state index contributed by atoms with van der Waals surface area (Å²) in [6, 6.07) is 8.83. The summed E-state index contributed by atoms with van der Waals surface area (Å²) in [6.07, 6.45) is 0. The van der Waals surface area contributed by atoms with Crippen molar-refractivity contribution in [2.75, 3.05) is 35.1 Å². The van der Waals surface area contributed by atoms with Crippen molar-refractivity contribution in [1.29, 1.82) is 0 Å². The van der Waals surface area contributed by atoms with Crippen LogP contribution in [0.1, 0.15) is 23.6 Å². The molecule has 0 spiro atoms. The molecular formula is C21H26N2O5S. The van der Waals surface area contributed by atoms with Gasteiger partial charge in [0, 0.05) is 11.8 Å². The largest absolute Gasteiger partial charge is 0.486 e. The number of nitrogens with zero attached hydrogens (tertiary/aromatic N) is 1. The number of sulfonamides is 1. The Labute approximate surface area is 171 Å². The lowest BCUT2D eigenvalue weighted by Crippen LogP contribution is -2.39. The molecule has 3 rings (SSSR count). The van der Waals surface area contributed by atoms with Gasteiger partial charge in [-0.1, -0.05) is 17.7 Å². The predicted octanol–water partition coefficient (Wildman–Crippen LogP) is 3.18. The molecule has 29 heavy (non-hydrogen) atoms. The summed E-state index contributed by atoms with van der Waals surface area (Å²) < 4.78 is 37.6. The van der Waals surface area contributed by atoms with Gasteiger partial charge < -0.3 is 14.8 Å². The van der Waals surface area contributed by atoms with Gasteiger partial charge in [0.15, 0.2) is 11.5 Å². The molecule has 0 aliphatic carbocycles. The lowest BCUT2D eigenvalue weighted by molar-refractivity contribution is -0.114. The van der Waals surface area contributed by atoms with Crippen LogP contribution in [-0.2, 0) is 14.8 Å². The number of benzene rings is 2. The van der Waals surface area contributed by atoms with Crippen LogP contribution in [0.5, 0.6) is 11.5 Å². The molecule has 1 aliphatic heterocycles. The SMILES string of the molecule is CCS(=O)(=O)N(CC(=O)Nc1c(C)cc(C)cc1C)c1ccc2c(c1)OCCO2. The fraction of sp³-hybridized carbons (Fsp3) is 0.381. The summed E-state index contributed by atoms with van der Waals surface area (Å²) in [7, 11) is -3.68. The third-order valence-electron chi connectivity index (χ3n) is 4.74. The van der Waals surface area contributed by atoms with Crippen LogP contribution in [-0.4, -0.2) is 39.8 Å². The molecule has 0 bridgehead atoms. The van der Waals surface area contributed by atoms with E-state index in [4.69, 9.17) is 9.47 Å². The molecule has 0 saturated heterocycles. The van der Waals surface area contributed by atoms with Crippen LogP contribution in [0.15, 0.2) is 30.3 Å². The van der Waals surface area contributed by atoms with Gasteiger partial charge >= 0.3 is 0 Å².